The maximum absolute atomic E-state index is 3.47. The Morgan fingerprint density at radius 2 is 2.45 bits per heavy atom. The van der Waals surface area contributed by atoms with Gasteiger partial charge in [0.1, 0.15) is 0 Å². The van der Waals surface area contributed by atoms with Crippen LogP contribution >= 0.6 is 27.7 Å². The fraction of sp³-hybridized carbons (Fsp3) is 0.500. The molecule has 1 nitrogen and oxygen atoms in total. The summed E-state index contributed by atoms with van der Waals surface area (Å²) in [5.74, 6) is 1.15. The van der Waals surface area contributed by atoms with Crippen molar-refractivity contribution in [1.29, 1.82) is 0 Å². The van der Waals surface area contributed by atoms with Crippen LogP contribution in [0.2, 0.25) is 0 Å². The summed E-state index contributed by atoms with van der Waals surface area (Å²) in [4.78, 5) is 3.62. The molecule has 1 aliphatic heterocycles. The molecule has 0 amide bonds. The van der Waals surface area contributed by atoms with Crippen molar-refractivity contribution in [3.05, 3.63) is 21.7 Å². The Morgan fingerprint density at radius 3 is 3.00 bits per heavy atom. The second-order valence-corrected chi connectivity index (χ2v) is 4.78. The summed E-state index contributed by atoms with van der Waals surface area (Å²) in [6.45, 7) is 3.23. The normalized spacial score (nSPS) is 17.9. The molecule has 0 bridgehead atoms. The van der Waals surface area contributed by atoms with Gasteiger partial charge in [-0.05, 0) is 27.8 Å². The van der Waals surface area contributed by atoms with Gasteiger partial charge in [0.05, 0.1) is 0 Å². The molecule has 0 fully saturated rings. The minimum atomic E-state index is 1.05. The highest BCUT2D eigenvalue weighted by Crippen LogP contribution is 2.24. The third-order valence-corrected chi connectivity index (χ3v) is 2.72. The highest BCUT2D eigenvalue weighted by Gasteiger charge is 2.06. The van der Waals surface area contributed by atoms with Crippen molar-refractivity contribution in [2.75, 3.05) is 19.3 Å². The van der Waals surface area contributed by atoms with E-state index in [1.54, 1.807) is 0 Å². The molecule has 0 saturated heterocycles. The molecule has 0 unspecified atom stereocenters. The standard InChI is InChI=1S/C8H12BrNS/c1-3-11-8-4-7(9)5-10(2)6-8/h4-5H,3,6H2,1-2H3. The Kier molecular flexibility index (Phi) is 3.52. The molecular formula is C8H12BrNS. The van der Waals surface area contributed by atoms with Crippen molar-refractivity contribution in [2.45, 2.75) is 6.92 Å². The number of hydrogen-bond donors (Lipinski definition) is 0. The van der Waals surface area contributed by atoms with E-state index in [4.69, 9.17) is 0 Å². The quantitative estimate of drug-likeness (QED) is 0.722. The van der Waals surface area contributed by atoms with Gasteiger partial charge in [-0.15, -0.1) is 11.8 Å². The highest BCUT2D eigenvalue weighted by atomic mass is 79.9. The van der Waals surface area contributed by atoms with E-state index in [0.29, 0.717) is 0 Å². The van der Waals surface area contributed by atoms with E-state index in [9.17, 15) is 0 Å². The van der Waals surface area contributed by atoms with E-state index in [1.807, 2.05) is 11.8 Å². The Morgan fingerprint density at radius 1 is 1.73 bits per heavy atom. The van der Waals surface area contributed by atoms with Crippen LogP contribution in [0.4, 0.5) is 0 Å². The summed E-state index contributed by atoms with van der Waals surface area (Å²) >= 11 is 5.38. The summed E-state index contributed by atoms with van der Waals surface area (Å²) in [6.07, 6.45) is 4.29. The first kappa shape index (κ1) is 9.20. The Hall–Kier alpha value is 0.110. The smallest absolute Gasteiger partial charge is 0.0480 e. The molecule has 62 valence electrons. The first-order valence-electron chi connectivity index (χ1n) is 3.63. The lowest BCUT2D eigenvalue weighted by molar-refractivity contribution is 0.500. The Balaban J connectivity index is 2.60. The third-order valence-electron chi connectivity index (χ3n) is 1.38. The summed E-state index contributed by atoms with van der Waals surface area (Å²) in [5.41, 5.74) is 0. The van der Waals surface area contributed by atoms with Crippen LogP contribution in [-0.4, -0.2) is 24.2 Å². The fourth-order valence-electron chi connectivity index (χ4n) is 1.01. The van der Waals surface area contributed by atoms with Gasteiger partial charge >= 0.3 is 0 Å². The molecule has 0 saturated carbocycles. The summed E-state index contributed by atoms with van der Waals surface area (Å²) in [6, 6.07) is 0. The number of rotatable bonds is 2. The molecule has 3 heteroatoms. The van der Waals surface area contributed by atoms with E-state index < -0.39 is 0 Å². The molecular weight excluding hydrogens is 222 g/mol. The van der Waals surface area contributed by atoms with Crippen LogP contribution < -0.4 is 0 Å². The average Bonchev–Trinajstić information content (AvgIpc) is 1.85. The van der Waals surface area contributed by atoms with Crippen LogP contribution in [-0.2, 0) is 0 Å². The number of nitrogens with zero attached hydrogens (tertiary/aromatic N) is 1. The second-order valence-electron chi connectivity index (χ2n) is 2.47. The highest BCUT2D eigenvalue weighted by molar-refractivity contribution is 9.11. The molecule has 11 heavy (non-hydrogen) atoms. The number of likely N-dealkylation sites (N-methyl/N-ethyl adjacent to an activating group) is 1. The zero-order valence-corrected chi connectivity index (χ0v) is 9.20. The number of allylic oxidation sites excluding steroid dienone is 2. The van der Waals surface area contributed by atoms with Crippen molar-refractivity contribution >= 4 is 27.7 Å². The molecule has 0 N–H and O–H groups in total. The molecule has 1 aliphatic rings. The molecule has 0 aromatic carbocycles. The van der Waals surface area contributed by atoms with Crippen molar-refractivity contribution < 1.29 is 0 Å². The topological polar surface area (TPSA) is 3.24 Å². The van der Waals surface area contributed by atoms with Crippen LogP contribution in [0.25, 0.3) is 0 Å². The first-order chi connectivity index (χ1) is 5.22. The van der Waals surface area contributed by atoms with Crippen molar-refractivity contribution in [3.8, 4) is 0 Å². The summed E-state index contributed by atoms with van der Waals surface area (Å²) in [7, 11) is 2.09. The maximum atomic E-state index is 3.47. The van der Waals surface area contributed by atoms with Gasteiger partial charge in [0.2, 0.25) is 0 Å². The number of hydrogen-bond acceptors (Lipinski definition) is 2. The second kappa shape index (κ2) is 4.21. The lowest BCUT2D eigenvalue weighted by Crippen LogP contribution is -2.16. The SMILES string of the molecule is CCSC1=CC(Br)=CN(C)C1. The lowest BCUT2D eigenvalue weighted by atomic mass is 10.4. The van der Waals surface area contributed by atoms with Crippen LogP contribution in [0.15, 0.2) is 21.7 Å². The van der Waals surface area contributed by atoms with Gasteiger partial charge in [-0.25, -0.2) is 0 Å². The van der Waals surface area contributed by atoms with Crippen LogP contribution in [0.1, 0.15) is 6.92 Å². The molecule has 0 spiro atoms. The molecule has 0 aliphatic carbocycles. The zero-order chi connectivity index (χ0) is 8.27. The molecule has 0 radical (unpaired) electrons. The van der Waals surface area contributed by atoms with Crippen molar-refractivity contribution in [3.63, 3.8) is 0 Å². The van der Waals surface area contributed by atoms with Gasteiger partial charge in [-0.3, -0.25) is 0 Å². The van der Waals surface area contributed by atoms with E-state index in [-0.39, 0.29) is 0 Å². The van der Waals surface area contributed by atoms with Gasteiger partial charge in [-0.1, -0.05) is 6.92 Å². The van der Waals surface area contributed by atoms with Gasteiger partial charge in [0, 0.05) is 29.2 Å². The molecule has 1 rings (SSSR count). The monoisotopic (exact) mass is 233 g/mol. The van der Waals surface area contributed by atoms with Gasteiger partial charge in [0.25, 0.3) is 0 Å². The predicted octanol–water partition coefficient (Wildman–Crippen LogP) is 2.81. The van der Waals surface area contributed by atoms with Crippen molar-refractivity contribution in [2.24, 2.45) is 0 Å². The zero-order valence-electron chi connectivity index (χ0n) is 6.80. The molecule has 0 atom stereocenters. The van der Waals surface area contributed by atoms with E-state index in [1.165, 1.54) is 9.39 Å². The minimum absolute atomic E-state index is 1.05. The van der Waals surface area contributed by atoms with Gasteiger partial charge in [0.15, 0.2) is 0 Å². The van der Waals surface area contributed by atoms with E-state index in [2.05, 4.69) is 47.1 Å². The van der Waals surface area contributed by atoms with E-state index >= 15 is 0 Å². The Labute approximate surface area is 80.7 Å². The van der Waals surface area contributed by atoms with Crippen LogP contribution in [0, 0.1) is 0 Å². The summed E-state index contributed by atoms with van der Waals surface area (Å²) in [5, 5.41) is 0. The molecule has 0 aromatic rings. The van der Waals surface area contributed by atoms with Gasteiger partial charge < -0.3 is 4.90 Å². The number of halogens is 1. The van der Waals surface area contributed by atoms with Crippen LogP contribution in [0.3, 0.4) is 0 Å². The average molecular weight is 234 g/mol. The van der Waals surface area contributed by atoms with Gasteiger partial charge in [-0.2, -0.15) is 0 Å². The third kappa shape index (κ3) is 2.91. The predicted molar refractivity (Wildman–Crippen MR) is 55.9 cm³/mol. The minimum Gasteiger partial charge on any atom is -0.375 e. The largest absolute Gasteiger partial charge is 0.375 e. The molecule has 0 aromatic heterocycles. The van der Waals surface area contributed by atoms with E-state index in [0.717, 1.165) is 12.3 Å². The Bertz CT molecular complexity index is 198. The summed E-state index contributed by atoms with van der Waals surface area (Å²) < 4.78 is 1.17. The van der Waals surface area contributed by atoms with Crippen LogP contribution in [0.5, 0.6) is 0 Å². The van der Waals surface area contributed by atoms with Crippen molar-refractivity contribution in [1.82, 2.24) is 4.90 Å². The first-order valence-corrected chi connectivity index (χ1v) is 5.41. The maximum Gasteiger partial charge on any atom is 0.0480 e. The number of thioether (sulfide) groups is 1. The fourth-order valence-corrected chi connectivity index (χ4v) is 2.66. The molecule has 1 heterocycles. The lowest BCUT2D eigenvalue weighted by Gasteiger charge is -2.20.